The van der Waals surface area contributed by atoms with Crippen molar-refractivity contribution in [3.05, 3.63) is 71.4 Å². The molecule has 31 heavy (non-hydrogen) atoms. The molecular formula is C24H20N6O. The predicted molar refractivity (Wildman–Crippen MR) is 120 cm³/mol. The molecule has 0 atom stereocenters. The van der Waals surface area contributed by atoms with Crippen LogP contribution in [0.5, 0.6) is 0 Å². The molecule has 7 heteroatoms. The van der Waals surface area contributed by atoms with E-state index in [0.29, 0.717) is 0 Å². The Morgan fingerprint density at radius 3 is 2.52 bits per heavy atom. The Morgan fingerprint density at radius 1 is 1.13 bits per heavy atom. The number of aromatic nitrogens is 3. The quantitative estimate of drug-likeness (QED) is 0.490. The third-order valence-corrected chi connectivity index (χ3v) is 5.27. The van der Waals surface area contributed by atoms with Crippen molar-refractivity contribution >= 4 is 28.4 Å². The molecule has 2 aromatic heterocycles. The number of aliphatic hydroxyl groups excluding tert-OH is 1. The summed E-state index contributed by atoms with van der Waals surface area (Å²) in [5.41, 5.74) is 10.4. The third kappa shape index (κ3) is 3.33. The van der Waals surface area contributed by atoms with Gasteiger partial charge < -0.3 is 15.4 Å². The molecule has 3 N–H and O–H groups in total. The first-order chi connectivity index (χ1) is 15.1. The maximum atomic E-state index is 9.96. The van der Waals surface area contributed by atoms with E-state index < -0.39 is 0 Å². The summed E-state index contributed by atoms with van der Waals surface area (Å²) in [6, 6.07) is 22.1. The van der Waals surface area contributed by atoms with Gasteiger partial charge in [-0.1, -0.05) is 48.5 Å². The van der Waals surface area contributed by atoms with Crippen molar-refractivity contribution < 1.29 is 5.11 Å². The van der Waals surface area contributed by atoms with Crippen molar-refractivity contribution in [2.24, 2.45) is 7.05 Å². The molecular weight excluding hydrogens is 388 g/mol. The Balaban J connectivity index is 2.01. The minimum atomic E-state index is -0.177. The second-order valence-electron chi connectivity index (χ2n) is 7.04. The van der Waals surface area contributed by atoms with Crippen LogP contribution in [0.2, 0.25) is 0 Å². The second kappa shape index (κ2) is 8.19. The molecule has 0 aliphatic carbocycles. The lowest BCUT2D eigenvalue weighted by molar-refractivity contribution is 0.270. The lowest BCUT2D eigenvalue weighted by Crippen LogP contribution is -2.07. The van der Waals surface area contributed by atoms with Gasteiger partial charge in [0.15, 0.2) is 0 Å². The normalized spacial score (nSPS) is 11.4. The van der Waals surface area contributed by atoms with Gasteiger partial charge in [0.1, 0.15) is 29.2 Å². The Hall–Kier alpha value is -4.33. The van der Waals surface area contributed by atoms with Gasteiger partial charge >= 0.3 is 0 Å². The van der Waals surface area contributed by atoms with Gasteiger partial charge in [-0.2, -0.15) is 15.6 Å². The average molecular weight is 408 g/mol. The SMILES string of the molecule is Cn1c(-c2ccccc2)c(/C=C(\C#N)c2nn(CCO)c(N)c2C#N)c2ccccc21. The lowest BCUT2D eigenvalue weighted by Gasteiger charge is -2.06. The molecule has 0 bridgehead atoms. The molecule has 152 valence electrons. The third-order valence-electron chi connectivity index (χ3n) is 5.27. The van der Waals surface area contributed by atoms with Crippen molar-refractivity contribution in [3.8, 4) is 23.4 Å². The molecule has 4 aromatic rings. The van der Waals surface area contributed by atoms with Crippen LogP contribution in [0.1, 0.15) is 16.8 Å². The highest BCUT2D eigenvalue weighted by Gasteiger charge is 2.21. The second-order valence-corrected chi connectivity index (χ2v) is 7.04. The van der Waals surface area contributed by atoms with Crippen molar-refractivity contribution in [1.29, 1.82) is 10.5 Å². The molecule has 2 heterocycles. The van der Waals surface area contributed by atoms with Gasteiger partial charge in [0.05, 0.1) is 24.4 Å². The van der Waals surface area contributed by atoms with E-state index in [0.717, 1.165) is 27.7 Å². The average Bonchev–Trinajstić information content (AvgIpc) is 3.26. The fourth-order valence-corrected chi connectivity index (χ4v) is 3.85. The van der Waals surface area contributed by atoms with E-state index in [9.17, 15) is 15.6 Å². The van der Waals surface area contributed by atoms with Gasteiger partial charge in [-0.3, -0.25) is 0 Å². The van der Waals surface area contributed by atoms with Crippen LogP contribution in [-0.2, 0) is 13.6 Å². The number of aliphatic hydroxyl groups is 1. The number of hydrogen-bond donors (Lipinski definition) is 2. The number of nitrogens with zero attached hydrogens (tertiary/aromatic N) is 5. The minimum Gasteiger partial charge on any atom is -0.394 e. The highest BCUT2D eigenvalue weighted by molar-refractivity contribution is 6.03. The number of nitriles is 2. The van der Waals surface area contributed by atoms with Gasteiger partial charge in [-0.15, -0.1) is 0 Å². The number of fused-ring (bicyclic) bond motifs is 1. The van der Waals surface area contributed by atoms with Crippen molar-refractivity contribution in [1.82, 2.24) is 14.3 Å². The smallest absolute Gasteiger partial charge is 0.140 e. The van der Waals surface area contributed by atoms with Crippen LogP contribution >= 0.6 is 0 Å². The Morgan fingerprint density at radius 2 is 1.84 bits per heavy atom. The van der Waals surface area contributed by atoms with Gasteiger partial charge in [0, 0.05) is 23.5 Å². The van der Waals surface area contributed by atoms with Crippen LogP contribution in [0.25, 0.3) is 33.8 Å². The number of nitrogen functional groups attached to an aromatic ring is 1. The van der Waals surface area contributed by atoms with Crippen molar-refractivity contribution in [3.63, 3.8) is 0 Å². The minimum absolute atomic E-state index is 0.128. The molecule has 7 nitrogen and oxygen atoms in total. The number of anilines is 1. The van der Waals surface area contributed by atoms with Gasteiger partial charge in [-0.25, -0.2) is 4.68 Å². The molecule has 0 unspecified atom stereocenters. The molecule has 0 saturated heterocycles. The zero-order valence-electron chi connectivity index (χ0n) is 16.9. The Kier molecular flexibility index (Phi) is 5.28. The molecule has 0 spiro atoms. The summed E-state index contributed by atoms with van der Waals surface area (Å²) in [6.45, 7) is -0.0357. The van der Waals surface area contributed by atoms with Crippen LogP contribution in [0.3, 0.4) is 0 Å². The Labute approximate surface area is 179 Å². The number of hydrogen-bond acceptors (Lipinski definition) is 5. The predicted octanol–water partition coefficient (Wildman–Crippen LogP) is 3.55. The van der Waals surface area contributed by atoms with E-state index in [4.69, 9.17) is 5.73 Å². The van der Waals surface area contributed by atoms with Gasteiger partial charge in [0.2, 0.25) is 0 Å². The monoisotopic (exact) mass is 408 g/mol. The molecule has 0 amide bonds. The number of rotatable bonds is 5. The highest BCUT2D eigenvalue weighted by atomic mass is 16.3. The number of aryl methyl sites for hydroxylation is 1. The highest BCUT2D eigenvalue weighted by Crippen LogP contribution is 2.36. The number of benzene rings is 2. The zero-order chi connectivity index (χ0) is 22.0. The summed E-state index contributed by atoms with van der Waals surface area (Å²) < 4.78 is 3.44. The van der Waals surface area contributed by atoms with Crippen LogP contribution < -0.4 is 5.73 Å². The van der Waals surface area contributed by atoms with E-state index in [2.05, 4.69) is 15.7 Å². The molecule has 0 aliphatic rings. The summed E-state index contributed by atoms with van der Waals surface area (Å²) in [5.74, 6) is 0.133. The van der Waals surface area contributed by atoms with Crippen molar-refractivity contribution in [2.45, 2.75) is 6.54 Å². The first kappa shape index (κ1) is 20.0. The van der Waals surface area contributed by atoms with Crippen LogP contribution in [-0.4, -0.2) is 26.1 Å². The summed E-state index contributed by atoms with van der Waals surface area (Å²) in [6.07, 6.45) is 1.76. The fourth-order valence-electron chi connectivity index (χ4n) is 3.85. The zero-order valence-corrected chi connectivity index (χ0v) is 16.9. The van der Waals surface area contributed by atoms with Crippen molar-refractivity contribution in [2.75, 3.05) is 12.3 Å². The molecule has 4 rings (SSSR count). The number of nitrogens with two attached hydrogens (primary N) is 1. The standard InChI is InChI=1S/C24H20N6O/c1-29-21-10-6-5-9-18(21)19(23(29)16-7-3-2-4-8-16)13-17(14-25)22-20(15-26)24(27)30(28-22)11-12-31/h2-10,13,31H,11-12,27H2,1H3/b17-13+. The maximum absolute atomic E-state index is 9.96. The molecule has 0 saturated carbocycles. The maximum Gasteiger partial charge on any atom is 0.140 e. The largest absolute Gasteiger partial charge is 0.394 e. The number of allylic oxidation sites excluding steroid dienone is 1. The fraction of sp³-hybridized carbons (Fsp3) is 0.125. The molecule has 0 aliphatic heterocycles. The Bertz CT molecular complexity index is 1380. The molecule has 0 fully saturated rings. The number of para-hydroxylation sites is 1. The molecule has 0 radical (unpaired) electrons. The summed E-state index contributed by atoms with van der Waals surface area (Å²) in [7, 11) is 1.99. The van der Waals surface area contributed by atoms with E-state index >= 15 is 0 Å². The van der Waals surface area contributed by atoms with E-state index in [-0.39, 0.29) is 35.8 Å². The van der Waals surface area contributed by atoms with Gasteiger partial charge in [-0.05, 0) is 17.7 Å². The van der Waals surface area contributed by atoms with Crippen LogP contribution in [0.4, 0.5) is 5.82 Å². The first-order valence-electron chi connectivity index (χ1n) is 9.73. The molecule has 2 aromatic carbocycles. The lowest BCUT2D eigenvalue weighted by atomic mass is 10.0. The summed E-state index contributed by atoms with van der Waals surface area (Å²) in [5, 5.41) is 34.1. The van der Waals surface area contributed by atoms with E-state index in [1.165, 1.54) is 4.68 Å². The van der Waals surface area contributed by atoms with Crippen LogP contribution in [0.15, 0.2) is 54.6 Å². The topological polar surface area (TPSA) is 117 Å². The van der Waals surface area contributed by atoms with Crippen LogP contribution in [0, 0.1) is 22.7 Å². The first-order valence-corrected chi connectivity index (χ1v) is 9.73. The summed E-state index contributed by atoms with van der Waals surface area (Å²) in [4.78, 5) is 0. The summed E-state index contributed by atoms with van der Waals surface area (Å²) >= 11 is 0. The van der Waals surface area contributed by atoms with E-state index in [1.807, 2.05) is 67.7 Å². The van der Waals surface area contributed by atoms with Gasteiger partial charge in [0.25, 0.3) is 0 Å². The van der Waals surface area contributed by atoms with E-state index in [1.54, 1.807) is 6.08 Å².